The third-order valence-corrected chi connectivity index (χ3v) is 11.5. The lowest BCUT2D eigenvalue weighted by molar-refractivity contribution is -0.159. The standard InChI is InChI=1S/C22H32O3.C15H24/c1-4-20(24)25-19-8-7-17-16-6-5-14-13-15(23)9-11-21(14,2)18(16)10-12-22(17,19)3;1-13-7-5-8-14(2)10-12-15(3,4)11-6-9-13/h13,16-19H,4-12H2,1-3H3;6-7,10-11H,5,8-9,12H2,1-4H3. The van der Waals surface area contributed by atoms with Gasteiger partial charge in [0.15, 0.2) is 5.78 Å². The van der Waals surface area contributed by atoms with Crippen LogP contribution in [-0.4, -0.2) is 17.9 Å². The van der Waals surface area contributed by atoms with Crippen molar-refractivity contribution in [3.63, 3.8) is 0 Å². The number of carbonyl (C=O) groups is 2. The van der Waals surface area contributed by atoms with E-state index in [0.29, 0.717) is 29.5 Å². The number of carbonyl (C=O) groups excluding carboxylic acids is 2. The van der Waals surface area contributed by atoms with E-state index in [0.717, 1.165) is 50.9 Å². The van der Waals surface area contributed by atoms with Crippen LogP contribution >= 0.6 is 0 Å². The lowest BCUT2D eigenvalue weighted by Gasteiger charge is -2.57. The van der Waals surface area contributed by atoms with E-state index in [-0.39, 0.29) is 22.9 Å². The summed E-state index contributed by atoms with van der Waals surface area (Å²) in [7, 11) is 0. The molecule has 0 spiro atoms. The van der Waals surface area contributed by atoms with Crippen molar-refractivity contribution in [2.45, 2.75) is 138 Å². The Kier molecular flexibility index (Phi) is 9.73. The Balaban J connectivity index is 0.000000212. The molecule has 0 radical (unpaired) electrons. The smallest absolute Gasteiger partial charge is 0.305 e. The Labute approximate surface area is 245 Å². The van der Waals surface area contributed by atoms with Gasteiger partial charge in [0.1, 0.15) is 6.10 Å². The molecule has 3 saturated carbocycles. The van der Waals surface area contributed by atoms with E-state index in [2.05, 4.69) is 65.8 Å². The highest BCUT2D eigenvalue weighted by atomic mass is 16.5. The SMILES string of the molecule is CC1=CCCC(C)=CCC(C)(C)C=CC1.CCC(=O)OC1CCC2C3CCC4=CC(=O)CCC4(C)C3CCC12C. The number of hydrogen-bond acceptors (Lipinski definition) is 3. The lowest BCUT2D eigenvalue weighted by Crippen LogP contribution is -2.51. The van der Waals surface area contributed by atoms with Crippen LogP contribution in [0.1, 0.15) is 132 Å². The minimum absolute atomic E-state index is 0.0411. The van der Waals surface area contributed by atoms with Crippen LogP contribution in [0, 0.1) is 34.0 Å². The van der Waals surface area contributed by atoms with E-state index >= 15 is 0 Å². The van der Waals surface area contributed by atoms with Crippen molar-refractivity contribution in [2.75, 3.05) is 0 Å². The molecule has 0 bridgehead atoms. The van der Waals surface area contributed by atoms with E-state index in [1.807, 2.05) is 13.0 Å². The molecule has 6 unspecified atom stereocenters. The van der Waals surface area contributed by atoms with Gasteiger partial charge in [-0.25, -0.2) is 0 Å². The summed E-state index contributed by atoms with van der Waals surface area (Å²) in [6.07, 6.45) is 25.4. The van der Waals surface area contributed by atoms with Crippen LogP contribution in [0.2, 0.25) is 0 Å². The van der Waals surface area contributed by atoms with Gasteiger partial charge in [-0.1, -0.05) is 75.6 Å². The lowest BCUT2D eigenvalue weighted by atomic mass is 9.47. The molecule has 0 aromatic heterocycles. The number of ketones is 1. The minimum atomic E-state index is -0.0411. The number of allylic oxidation sites excluding steroid dienone is 7. The maximum absolute atomic E-state index is 11.9. The van der Waals surface area contributed by atoms with Crippen molar-refractivity contribution in [2.24, 2.45) is 34.0 Å². The predicted molar refractivity (Wildman–Crippen MR) is 166 cm³/mol. The molecule has 222 valence electrons. The predicted octanol–water partition coefficient (Wildman–Crippen LogP) is 9.88. The molecule has 0 N–H and O–H groups in total. The topological polar surface area (TPSA) is 43.4 Å². The Hall–Kier alpha value is -1.90. The van der Waals surface area contributed by atoms with Crippen LogP contribution in [0.3, 0.4) is 0 Å². The van der Waals surface area contributed by atoms with Crippen molar-refractivity contribution in [3.8, 4) is 0 Å². The van der Waals surface area contributed by atoms with Crippen molar-refractivity contribution in [1.82, 2.24) is 0 Å². The molecule has 0 aromatic carbocycles. The molecule has 3 nitrogen and oxygen atoms in total. The van der Waals surface area contributed by atoms with Crippen molar-refractivity contribution in [1.29, 1.82) is 0 Å². The van der Waals surface area contributed by atoms with Gasteiger partial charge in [-0.05, 0) is 119 Å². The van der Waals surface area contributed by atoms with Crippen LogP contribution in [0.25, 0.3) is 0 Å². The second-order valence-corrected chi connectivity index (χ2v) is 14.9. The summed E-state index contributed by atoms with van der Waals surface area (Å²) in [5.74, 6) is 2.41. The molecule has 0 aromatic rings. The highest BCUT2D eigenvalue weighted by Crippen LogP contribution is 2.65. The van der Waals surface area contributed by atoms with Gasteiger partial charge < -0.3 is 4.74 Å². The number of fused-ring (bicyclic) bond motifs is 5. The highest BCUT2D eigenvalue weighted by molar-refractivity contribution is 5.91. The summed E-state index contributed by atoms with van der Waals surface area (Å²) < 4.78 is 5.86. The third kappa shape index (κ3) is 6.76. The zero-order valence-electron chi connectivity index (χ0n) is 26.6. The van der Waals surface area contributed by atoms with Gasteiger partial charge in [0.25, 0.3) is 0 Å². The molecule has 3 heteroatoms. The first-order valence-corrected chi connectivity index (χ1v) is 16.3. The van der Waals surface area contributed by atoms with Crippen molar-refractivity contribution < 1.29 is 14.3 Å². The quantitative estimate of drug-likeness (QED) is 0.255. The number of rotatable bonds is 2. The van der Waals surface area contributed by atoms with Crippen molar-refractivity contribution >= 4 is 11.8 Å². The van der Waals surface area contributed by atoms with Gasteiger partial charge in [0.2, 0.25) is 0 Å². The summed E-state index contributed by atoms with van der Waals surface area (Å²) in [5.41, 5.74) is 5.16. The minimum Gasteiger partial charge on any atom is -0.462 e. The third-order valence-electron chi connectivity index (χ3n) is 11.5. The first-order valence-electron chi connectivity index (χ1n) is 16.3. The Morgan fingerprint density at radius 1 is 0.925 bits per heavy atom. The molecule has 0 amide bonds. The van der Waals surface area contributed by atoms with Crippen LogP contribution in [0.5, 0.6) is 0 Å². The number of hydrogen-bond donors (Lipinski definition) is 0. The average molecular weight is 549 g/mol. The average Bonchev–Trinajstić information content (AvgIpc) is 3.22. The molecule has 40 heavy (non-hydrogen) atoms. The van der Waals surface area contributed by atoms with Gasteiger partial charge in [-0.15, -0.1) is 0 Å². The van der Waals surface area contributed by atoms with Crippen LogP contribution < -0.4 is 0 Å². The van der Waals surface area contributed by atoms with Gasteiger partial charge >= 0.3 is 5.97 Å². The summed E-state index contributed by atoms with van der Waals surface area (Å²) >= 11 is 0. The second-order valence-electron chi connectivity index (χ2n) is 14.9. The van der Waals surface area contributed by atoms with E-state index in [1.54, 1.807) is 0 Å². The summed E-state index contributed by atoms with van der Waals surface area (Å²) in [6.45, 7) is 15.8. The first-order chi connectivity index (χ1) is 18.9. The summed E-state index contributed by atoms with van der Waals surface area (Å²) in [4.78, 5) is 23.8. The Bertz CT molecular complexity index is 1070. The zero-order valence-corrected chi connectivity index (χ0v) is 26.6. The maximum atomic E-state index is 11.9. The fourth-order valence-electron chi connectivity index (χ4n) is 8.75. The number of esters is 1. The van der Waals surface area contributed by atoms with Gasteiger partial charge in [0.05, 0.1) is 0 Å². The monoisotopic (exact) mass is 548 g/mol. The van der Waals surface area contributed by atoms with E-state index in [9.17, 15) is 9.59 Å². The number of ether oxygens (including phenoxy) is 1. The molecular formula is C37H56O3. The fraction of sp³-hybridized carbons (Fsp3) is 0.730. The van der Waals surface area contributed by atoms with Crippen LogP contribution in [-0.2, 0) is 14.3 Å². The Morgan fingerprint density at radius 2 is 1.70 bits per heavy atom. The molecule has 5 aliphatic carbocycles. The zero-order chi connectivity index (χ0) is 29.1. The maximum Gasteiger partial charge on any atom is 0.305 e. The molecule has 0 aliphatic heterocycles. The van der Waals surface area contributed by atoms with Crippen molar-refractivity contribution in [3.05, 3.63) is 47.1 Å². The first kappa shape index (κ1) is 31.0. The Morgan fingerprint density at radius 3 is 2.45 bits per heavy atom. The summed E-state index contributed by atoms with van der Waals surface area (Å²) in [5, 5.41) is 0. The molecule has 0 heterocycles. The second kappa shape index (κ2) is 12.5. The molecule has 6 atom stereocenters. The molecule has 5 rings (SSSR count). The highest BCUT2D eigenvalue weighted by Gasteiger charge is 2.59. The van der Waals surface area contributed by atoms with Gasteiger partial charge in [0, 0.05) is 18.3 Å². The van der Waals surface area contributed by atoms with E-state index < -0.39 is 0 Å². The van der Waals surface area contributed by atoms with Crippen LogP contribution in [0.15, 0.2) is 47.1 Å². The van der Waals surface area contributed by atoms with Gasteiger partial charge in [-0.2, -0.15) is 0 Å². The molecular weight excluding hydrogens is 492 g/mol. The summed E-state index contributed by atoms with van der Waals surface area (Å²) in [6, 6.07) is 0. The van der Waals surface area contributed by atoms with Gasteiger partial charge in [-0.3, -0.25) is 9.59 Å². The normalized spacial score (nSPS) is 37.2. The molecule has 5 aliphatic rings. The largest absolute Gasteiger partial charge is 0.462 e. The van der Waals surface area contributed by atoms with E-state index in [4.69, 9.17) is 4.74 Å². The van der Waals surface area contributed by atoms with Crippen LogP contribution in [0.4, 0.5) is 0 Å². The fourth-order valence-corrected chi connectivity index (χ4v) is 8.75. The van der Waals surface area contributed by atoms with E-state index in [1.165, 1.54) is 48.8 Å². The molecule has 3 fully saturated rings. The molecule has 0 saturated heterocycles.